The van der Waals surface area contributed by atoms with Crippen LogP contribution in [0, 0.1) is 0 Å². The van der Waals surface area contributed by atoms with Crippen LogP contribution in [0.5, 0.6) is 0 Å². The molecule has 104 valence electrons. The summed E-state index contributed by atoms with van der Waals surface area (Å²) in [5.74, 6) is -0.450. The van der Waals surface area contributed by atoms with Gasteiger partial charge in [-0.05, 0) is 36.5 Å². The van der Waals surface area contributed by atoms with E-state index < -0.39 is 5.97 Å². The second-order valence-electron chi connectivity index (χ2n) is 4.88. The predicted molar refractivity (Wildman–Crippen MR) is 74.4 cm³/mol. The van der Waals surface area contributed by atoms with E-state index in [1.165, 1.54) is 5.56 Å². The monoisotopic (exact) mass is 263 g/mol. The standard InChI is InChI=1S/C15H21NO3/c1-11(2)12-6-8-13(9-7-12)15(19)16-10-4-3-5-14(17)18/h6-9,11H,3-5,10H2,1-2H3,(H,16,19)(H,17,18). The number of carbonyl (C=O) groups excluding carboxylic acids is 1. The summed E-state index contributed by atoms with van der Waals surface area (Å²) >= 11 is 0. The summed E-state index contributed by atoms with van der Waals surface area (Å²) < 4.78 is 0. The maximum Gasteiger partial charge on any atom is 0.303 e. The predicted octanol–water partition coefficient (Wildman–Crippen LogP) is 2.79. The highest BCUT2D eigenvalue weighted by Gasteiger charge is 2.06. The van der Waals surface area contributed by atoms with E-state index in [0.717, 1.165) is 0 Å². The molecule has 0 aromatic heterocycles. The Balaban J connectivity index is 2.35. The van der Waals surface area contributed by atoms with Crippen molar-refractivity contribution in [3.8, 4) is 0 Å². The molecule has 0 aliphatic carbocycles. The van der Waals surface area contributed by atoms with Crippen LogP contribution in [0.1, 0.15) is 54.9 Å². The van der Waals surface area contributed by atoms with Gasteiger partial charge in [0.25, 0.3) is 5.91 Å². The van der Waals surface area contributed by atoms with Gasteiger partial charge < -0.3 is 10.4 Å². The summed E-state index contributed by atoms with van der Waals surface area (Å²) in [6.07, 6.45) is 1.42. The van der Waals surface area contributed by atoms with Gasteiger partial charge in [0.15, 0.2) is 0 Å². The van der Waals surface area contributed by atoms with Gasteiger partial charge in [-0.1, -0.05) is 26.0 Å². The molecular formula is C15H21NO3. The fourth-order valence-corrected chi connectivity index (χ4v) is 1.72. The second kappa shape index (κ2) is 7.56. The number of rotatable bonds is 7. The van der Waals surface area contributed by atoms with Crippen LogP contribution in [0.2, 0.25) is 0 Å². The Bertz CT molecular complexity index is 424. The first-order chi connectivity index (χ1) is 9.00. The molecule has 1 aromatic carbocycles. The van der Waals surface area contributed by atoms with Crippen molar-refractivity contribution in [2.45, 2.75) is 39.0 Å². The Hall–Kier alpha value is -1.84. The van der Waals surface area contributed by atoms with Gasteiger partial charge in [-0.3, -0.25) is 9.59 Å². The molecule has 0 aliphatic rings. The van der Waals surface area contributed by atoms with Crippen molar-refractivity contribution in [3.05, 3.63) is 35.4 Å². The van der Waals surface area contributed by atoms with Crippen LogP contribution in [0.3, 0.4) is 0 Å². The number of amides is 1. The van der Waals surface area contributed by atoms with Gasteiger partial charge in [-0.2, -0.15) is 0 Å². The summed E-state index contributed by atoms with van der Waals surface area (Å²) in [6.45, 7) is 4.73. The van der Waals surface area contributed by atoms with Gasteiger partial charge in [-0.25, -0.2) is 0 Å². The number of hydrogen-bond donors (Lipinski definition) is 2. The molecule has 1 aromatic rings. The molecule has 0 fully saturated rings. The fraction of sp³-hybridized carbons (Fsp3) is 0.467. The van der Waals surface area contributed by atoms with E-state index in [-0.39, 0.29) is 12.3 Å². The minimum absolute atomic E-state index is 0.106. The summed E-state index contributed by atoms with van der Waals surface area (Å²) in [7, 11) is 0. The third-order valence-electron chi connectivity index (χ3n) is 2.94. The van der Waals surface area contributed by atoms with E-state index in [1.54, 1.807) is 0 Å². The van der Waals surface area contributed by atoms with E-state index in [2.05, 4.69) is 19.2 Å². The van der Waals surface area contributed by atoms with Gasteiger partial charge in [-0.15, -0.1) is 0 Å². The molecule has 0 atom stereocenters. The lowest BCUT2D eigenvalue weighted by Gasteiger charge is -2.07. The quantitative estimate of drug-likeness (QED) is 0.743. The van der Waals surface area contributed by atoms with Gasteiger partial charge >= 0.3 is 5.97 Å². The maximum absolute atomic E-state index is 11.8. The number of carboxylic acid groups (broad SMARTS) is 1. The van der Waals surface area contributed by atoms with Crippen molar-refractivity contribution < 1.29 is 14.7 Å². The summed E-state index contributed by atoms with van der Waals surface area (Å²) in [5, 5.41) is 11.3. The lowest BCUT2D eigenvalue weighted by Crippen LogP contribution is -2.24. The Labute approximate surface area is 113 Å². The number of benzene rings is 1. The van der Waals surface area contributed by atoms with Crippen molar-refractivity contribution in [2.75, 3.05) is 6.54 Å². The van der Waals surface area contributed by atoms with Crippen LogP contribution in [-0.4, -0.2) is 23.5 Å². The minimum atomic E-state index is -0.796. The first-order valence-electron chi connectivity index (χ1n) is 6.60. The van der Waals surface area contributed by atoms with Gasteiger partial charge in [0, 0.05) is 18.5 Å². The van der Waals surface area contributed by atoms with Crippen LogP contribution in [-0.2, 0) is 4.79 Å². The van der Waals surface area contributed by atoms with Crippen LogP contribution < -0.4 is 5.32 Å². The molecule has 4 heteroatoms. The minimum Gasteiger partial charge on any atom is -0.481 e. The average Bonchev–Trinajstić information content (AvgIpc) is 2.37. The van der Waals surface area contributed by atoms with Crippen molar-refractivity contribution in [2.24, 2.45) is 0 Å². The van der Waals surface area contributed by atoms with Crippen molar-refractivity contribution >= 4 is 11.9 Å². The zero-order valence-electron chi connectivity index (χ0n) is 11.5. The fourth-order valence-electron chi connectivity index (χ4n) is 1.72. The number of aliphatic carboxylic acids is 1. The number of hydrogen-bond acceptors (Lipinski definition) is 2. The van der Waals surface area contributed by atoms with Crippen LogP contribution >= 0.6 is 0 Å². The molecule has 1 rings (SSSR count). The molecule has 0 aliphatic heterocycles. The molecule has 1 amide bonds. The summed E-state index contributed by atoms with van der Waals surface area (Å²) in [5.41, 5.74) is 1.85. The van der Waals surface area contributed by atoms with E-state index >= 15 is 0 Å². The first kappa shape index (κ1) is 15.2. The number of nitrogens with one attached hydrogen (secondary N) is 1. The lowest BCUT2D eigenvalue weighted by molar-refractivity contribution is -0.137. The van der Waals surface area contributed by atoms with Crippen molar-refractivity contribution in [1.29, 1.82) is 0 Å². The molecule has 0 unspecified atom stereocenters. The zero-order chi connectivity index (χ0) is 14.3. The highest BCUT2D eigenvalue weighted by atomic mass is 16.4. The zero-order valence-corrected chi connectivity index (χ0v) is 11.5. The number of carbonyl (C=O) groups is 2. The first-order valence-corrected chi connectivity index (χ1v) is 6.60. The van der Waals surface area contributed by atoms with E-state index in [4.69, 9.17) is 5.11 Å². The van der Waals surface area contributed by atoms with Gasteiger partial charge in [0.05, 0.1) is 0 Å². The molecule has 0 heterocycles. The average molecular weight is 263 g/mol. The van der Waals surface area contributed by atoms with Crippen molar-refractivity contribution in [3.63, 3.8) is 0 Å². The molecule has 4 nitrogen and oxygen atoms in total. The molecule has 0 radical (unpaired) electrons. The summed E-state index contributed by atoms with van der Waals surface area (Å²) in [4.78, 5) is 22.1. The summed E-state index contributed by atoms with van der Waals surface area (Å²) in [6, 6.07) is 7.57. The Morgan fingerprint density at radius 1 is 1.16 bits per heavy atom. The molecule has 0 bridgehead atoms. The number of carboxylic acids is 1. The van der Waals surface area contributed by atoms with Crippen LogP contribution in [0.15, 0.2) is 24.3 Å². The lowest BCUT2D eigenvalue weighted by atomic mass is 10.0. The third-order valence-corrected chi connectivity index (χ3v) is 2.94. The molecule has 0 saturated carbocycles. The second-order valence-corrected chi connectivity index (χ2v) is 4.88. The Kier molecular flexibility index (Phi) is 6.06. The topological polar surface area (TPSA) is 66.4 Å². The smallest absolute Gasteiger partial charge is 0.303 e. The van der Waals surface area contributed by atoms with E-state index in [1.807, 2.05) is 24.3 Å². The number of unbranched alkanes of at least 4 members (excludes halogenated alkanes) is 1. The van der Waals surface area contributed by atoms with Gasteiger partial charge in [0.2, 0.25) is 0 Å². The highest BCUT2D eigenvalue weighted by Crippen LogP contribution is 2.14. The molecule has 0 spiro atoms. The normalized spacial score (nSPS) is 10.5. The van der Waals surface area contributed by atoms with Gasteiger partial charge in [0.1, 0.15) is 0 Å². The largest absolute Gasteiger partial charge is 0.481 e. The Morgan fingerprint density at radius 3 is 2.32 bits per heavy atom. The van der Waals surface area contributed by atoms with E-state index in [0.29, 0.717) is 30.9 Å². The van der Waals surface area contributed by atoms with Crippen molar-refractivity contribution in [1.82, 2.24) is 5.32 Å². The molecular weight excluding hydrogens is 242 g/mol. The van der Waals surface area contributed by atoms with Crippen LogP contribution in [0.25, 0.3) is 0 Å². The molecule has 0 saturated heterocycles. The molecule has 19 heavy (non-hydrogen) atoms. The molecule has 2 N–H and O–H groups in total. The third kappa shape index (κ3) is 5.55. The Morgan fingerprint density at radius 2 is 1.79 bits per heavy atom. The van der Waals surface area contributed by atoms with Crippen LogP contribution in [0.4, 0.5) is 0 Å². The van der Waals surface area contributed by atoms with E-state index in [9.17, 15) is 9.59 Å². The highest BCUT2D eigenvalue weighted by molar-refractivity contribution is 5.94. The maximum atomic E-state index is 11.8. The SMILES string of the molecule is CC(C)c1ccc(C(=O)NCCCCC(=O)O)cc1.